The number of hydrogen-bond donors (Lipinski definition) is 0. The molecule has 0 N–H and O–H groups in total. The highest BCUT2D eigenvalue weighted by atomic mass is 15.0. The molecule has 28 aromatic rings. The van der Waals surface area contributed by atoms with Crippen molar-refractivity contribution in [2.45, 2.75) is 0 Å². The minimum atomic E-state index is 0.697. The van der Waals surface area contributed by atoms with Gasteiger partial charge in [-0.25, -0.2) is 19.9 Å². The summed E-state index contributed by atoms with van der Waals surface area (Å²) in [5, 5.41) is 31.6. The van der Waals surface area contributed by atoms with Crippen LogP contribution >= 0.6 is 0 Å². The van der Waals surface area contributed by atoms with Crippen molar-refractivity contribution in [1.29, 1.82) is 0 Å². The highest BCUT2D eigenvalue weighted by Gasteiger charge is 2.27. The van der Waals surface area contributed by atoms with Crippen LogP contribution in [0.25, 0.3) is 263 Å². The molecular formula is C120H72N8. The predicted octanol–water partition coefficient (Wildman–Crippen LogP) is 31.5. The Kier molecular flexibility index (Phi) is 15.7. The zero-order valence-corrected chi connectivity index (χ0v) is 69.1. The standard InChI is InChI=1S/C64H38N4.C56H34N4/c1-2-16-42-38-60-55(36-41(42)15-1)61-58(26-13-27-59(61)68-57-25-12-10-22-51(57)52-35-30-39-14-3-4-17-45(39)63(52)68)67(60)44-32-28-40(29-33-44)64-65-56-24-11-9-23-53(56)62(66-64)43-31-34-50-48-20-6-5-18-46(48)47-19-7-8-21-49(47)54(50)37-43;1-2-16-39-34-52-47(33-38(39)15-1)53-50(25-12-26-51(53)60-49-24-10-8-20-43(49)45-32-29-36-14-4-6-19-42(36)55(45)60)59(52)40-30-27-37(28-31-40)56-57-48-23-9-7-21-46(48)54(58-56)44-22-11-17-35-13-3-5-18-41(35)44/h1-38H;1-34H. The zero-order chi connectivity index (χ0) is 83.8. The van der Waals surface area contributed by atoms with E-state index in [1.807, 2.05) is 0 Å². The molecule has 0 saturated carbocycles. The molecule has 0 fully saturated rings. The second-order valence-electron chi connectivity index (χ2n) is 33.8. The Hall–Kier alpha value is -17.2. The van der Waals surface area contributed by atoms with Crippen LogP contribution in [0.1, 0.15) is 0 Å². The summed E-state index contributed by atoms with van der Waals surface area (Å²) in [7, 11) is 0. The number of fused-ring (bicyclic) bond motifs is 27. The third kappa shape index (κ3) is 10.9. The summed E-state index contributed by atoms with van der Waals surface area (Å²) in [6.07, 6.45) is 0. The molecule has 592 valence electrons. The van der Waals surface area contributed by atoms with E-state index in [0.717, 1.165) is 100 Å². The van der Waals surface area contributed by atoms with Gasteiger partial charge in [0.2, 0.25) is 0 Å². The van der Waals surface area contributed by atoms with Crippen molar-refractivity contribution in [3.05, 3.63) is 437 Å². The summed E-state index contributed by atoms with van der Waals surface area (Å²) in [5.74, 6) is 1.40. The fourth-order valence-corrected chi connectivity index (χ4v) is 21.2. The molecule has 0 atom stereocenters. The van der Waals surface area contributed by atoms with Crippen molar-refractivity contribution < 1.29 is 0 Å². The number of rotatable bonds is 8. The van der Waals surface area contributed by atoms with E-state index in [1.54, 1.807) is 0 Å². The fraction of sp³-hybridized carbons (Fsp3) is 0. The van der Waals surface area contributed by atoms with Crippen LogP contribution < -0.4 is 0 Å². The summed E-state index contributed by atoms with van der Waals surface area (Å²) in [5.41, 5.74) is 21.7. The molecule has 6 heterocycles. The van der Waals surface area contributed by atoms with Gasteiger partial charge in [-0.1, -0.05) is 309 Å². The largest absolute Gasteiger partial charge is 0.309 e. The van der Waals surface area contributed by atoms with Crippen molar-refractivity contribution in [2.24, 2.45) is 0 Å². The maximum atomic E-state index is 5.41. The molecule has 0 aliphatic heterocycles. The molecule has 28 rings (SSSR count). The summed E-state index contributed by atoms with van der Waals surface area (Å²) in [6, 6.07) is 158. The first-order valence-electron chi connectivity index (χ1n) is 43.8. The van der Waals surface area contributed by atoms with Crippen molar-refractivity contribution in [2.75, 3.05) is 0 Å². The molecule has 6 aromatic heterocycles. The lowest BCUT2D eigenvalue weighted by molar-refractivity contribution is 1.17. The van der Waals surface area contributed by atoms with Gasteiger partial charge in [-0.15, -0.1) is 0 Å². The van der Waals surface area contributed by atoms with Crippen LogP contribution in [0.4, 0.5) is 0 Å². The van der Waals surface area contributed by atoms with Gasteiger partial charge in [-0.05, 0) is 203 Å². The topological polar surface area (TPSA) is 71.3 Å². The van der Waals surface area contributed by atoms with Gasteiger partial charge < -0.3 is 18.3 Å². The Morgan fingerprint density at radius 3 is 0.984 bits per heavy atom. The van der Waals surface area contributed by atoms with E-state index in [9.17, 15) is 0 Å². The molecule has 8 heteroatoms. The van der Waals surface area contributed by atoms with Crippen LogP contribution in [0.15, 0.2) is 437 Å². The van der Waals surface area contributed by atoms with E-state index in [4.69, 9.17) is 19.9 Å². The molecule has 0 unspecified atom stereocenters. The van der Waals surface area contributed by atoms with E-state index in [2.05, 4.69) is 455 Å². The smallest absolute Gasteiger partial charge is 0.160 e. The average Bonchev–Trinajstić information content (AvgIpc) is 1.56. The van der Waals surface area contributed by atoms with Gasteiger partial charge in [0.05, 0.1) is 77.9 Å². The van der Waals surface area contributed by atoms with Crippen LogP contribution in [-0.4, -0.2) is 38.2 Å². The molecular weight excluding hydrogens is 1550 g/mol. The van der Waals surface area contributed by atoms with E-state index in [-0.39, 0.29) is 0 Å². The lowest BCUT2D eigenvalue weighted by Crippen LogP contribution is -1.98. The molecule has 0 spiro atoms. The third-order valence-electron chi connectivity index (χ3n) is 26.9. The van der Waals surface area contributed by atoms with Crippen molar-refractivity contribution in [1.82, 2.24) is 38.2 Å². The Bertz CT molecular complexity index is 9560. The first-order chi connectivity index (χ1) is 63.5. The van der Waals surface area contributed by atoms with E-state index in [1.165, 1.54) is 151 Å². The maximum absolute atomic E-state index is 5.41. The molecule has 0 aliphatic rings. The molecule has 0 radical (unpaired) electrons. The number of para-hydroxylation sites is 4. The number of benzene rings is 22. The van der Waals surface area contributed by atoms with Crippen LogP contribution in [0.5, 0.6) is 0 Å². The van der Waals surface area contributed by atoms with Gasteiger partial charge in [-0.2, -0.15) is 0 Å². The molecule has 8 nitrogen and oxygen atoms in total. The van der Waals surface area contributed by atoms with Crippen LogP contribution in [0.2, 0.25) is 0 Å². The van der Waals surface area contributed by atoms with Crippen molar-refractivity contribution in [3.63, 3.8) is 0 Å². The molecule has 128 heavy (non-hydrogen) atoms. The highest BCUT2D eigenvalue weighted by Crippen LogP contribution is 2.48. The second-order valence-corrected chi connectivity index (χ2v) is 33.8. The summed E-state index contributed by atoms with van der Waals surface area (Å²) in [6.45, 7) is 0. The minimum Gasteiger partial charge on any atom is -0.309 e. The van der Waals surface area contributed by atoms with Crippen LogP contribution in [-0.2, 0) is 0 Å². The Balaban J connectivity index is 0.000000133. The Morgan fingerprint density at radius 2 is 0.500 bits per heavy atom. The number of hydrogen-bond acceptors (Lipinski definition) is 4. The molecule has 0 saturated heterocycles. The maximum Gasteiger partial charge on any atom is 0.160 e. The summed E-state index contributed by atoms with van der Waals surface area (Å²) >= 11 is 0. The highest BCUT2D eigenvalue weighted by molar-refractivity contribution is 6.28. The van der Waals surface area contributed by atoms with E-state index < -0.39 is 0 Å². The second kappa shape index (κ2) is 28.2. The van der Waals surface area contributed by atoms with Crippen molar-refractivity contribution >= 4 is 195 Å². The summed E-state index contributed by atoms with van der Waals surface area (Å²) in [4.78, 5) is 21.0. The molecule has 22 aromatic carbocycles. The fourth-order valence-electron chi connectivity index (χ4n) is 21.2. The SMILES string of the molecule is c1ccc2cc3c(cc2c1)c1c(-n2c4ccccc4c4ccc5ccccc5c42)cccc1n3-c1ccc(-c2nc(-c3ccc4c5ccccc5c5ccccc5c4c3)c3ccccc3n2)cc1.c1ccc2cc3c(cc2c1)c1c(-n2c4ccccc4c4ccc5ccccc5c42)cccc1n3-c1ccc(-c2nc(-c3cccc4ccccc34)c3ccccc3n2)cc1. The Morgan fingerprint density at radius 1 is 0.164 bits per heavy atom. The number of nitrogens with zero attached hydrogens (tertiary/aromatic N) is 8. The van der Waals surface area contributed by atoms with Crippen LogP contribution in [0.3, 0.4) is 0 Å². The van der Waals surface area contributed by atoms with E-state index >= 15 is 0 Å². The van der Waals surface area contributed by atoms with Gasteiger partial charge in [0, 0.05) is 98.3 Å². The number of aromatic nitrogens is 8. The predicted molar refractivity (Wildman–Crippen MR) is 538 cm³/mol. The van der Waals surface area contributed by atoms with Gasteiger partial charge in [-0.3, -0.25) is 0 Å². The minimum absolute atomic E-state index is 0.697. The normalized spacial score (nSPS) is 12.1. The van der Waals surface area contributed by atoms with Crippen LogP contribution in [0, 0.1) is 0 Å². The zero-order valence-electron chi connectivity index (χ0n) is 69.1. The van der Waals surface area contributed by atoms with Gasteiger partial charge in [0.15, 0.2) is 11.6 Å². The molecule has 0 amide bonds. The van der Waals surface area contributed by atoms with E-state index in [0.29, 0.717) is 11.6 Å². The monoisotopic (exact) mass is 1620 g/mol. The van der Waals surface area contributed by atoms with Crippen molar-refractivity contribution in [3.8, 4) is 68.0 Å². The summed E-state index contributed by atoms with van der Waals surface area (Å²) < 4.78 is 9.87. The lowest BCUT2D eigenvalue weighted by Gasteiger charge is -2.14. The first kappa shape index (κ1) is 71.4. The van der Waals surface area contributed by atoms with Gasteiger partial charge >= 0.3 is 0 Å². The average molecular weight is 1630 g/mol. The van der Waals surface area contributed by atoms with Gasteiger partial charge in [0.25, 0.3) is 0 Å². The first-order valence-corrected chi connectivity index (χ1v) is 43.8. The molecule has 0 aliphatic carbocycles. The molecule has 0 bridgehead atoms. The quantitative estimate of drug-likeness (QED) is 0.142. The lowest BCUT2D eigenvalue weighted by atomic mass is 9.92. The Labute approximate surface area is 733 Å². The third-order valence-corrected chi connectivity index (χ3v) is 26.9. The van der Waals surface area contributed by atoms with Gasteiger partial charge in [0.1, 0.15) is 0 Å².